The van der Waals surface area contributed by atoms with Crippen molar-refractivity contribution in [2.24, 2.45) is 5.73 Å². The van der Waals surface area contributed by atoms with Gasteiger partial charge in [0.05, 0.1) is 0 Å². The van der Waals surface area contributed by atoms with E-state index >= 15 is 0 Å². The van der Waals surface area contributed by atoms with Crippen molar-refractivity contribution in [1.82, 2.24) is 9.80 Å². The summed E-state index contributed by atoms with van der Waals surface area (Å²) in [6.45, 7) is 8.62. The minimum absolute atomic E-state index is 0.279. The molecule has 1 aromatic rings. The van der Waals surface area contributed by atoms with Gasteiger partial charge in [0.1, 0.15) is 0 Å². The first-order valence-corrected chi connectivity index (χ1v) is 6.52. The molecule has 1 heterocycles. The number of rotatable bonds is 3. The maximum Gasteiger partial charge on any atom is 0.0297 e. The molecular formula is C14H23N3. The maximum atomic E-state index is 6.16. The summed E-state index contributed by atoms with van der Waals surface area (Å²) >= 11 is 0. The molecule has 0 aromatic heterocycles. The molecule has 3 heteroatoms. The van der Waals surface area contributed by atoms with E-state index in [4.69, 9.17) is 5.73 Å². The van der Waals surface area contributed by atoms with Crippen molar-refractivity contribution in [3.63, 3.8) is 0 Å². The SMILES string of the molecule is CCN1CCN(Cc2ccccc2)CC(N)C1. The molecular weight excluding hydrogens is 210 g/mol. The number of nitrogens with zero attached hydrogens (tertiary/aromatic N) is 2. The number of benzene rings is 1. The van der Waals surface area contributed by atoms with Crippen LogP contribution in [0, 0.1) is 0 Å². The smallest absolute Gasteiger partial charge is 0.0297 e. The molecule has 3 nitrogen and oxygen atoms in total. The second kappa shape index (κ2) is 6.15. The van der Waals surface area contributed by atoms with Crippen molar-refractivity contribution in [1.29, 1.82) is 0 Å². The lowest BCUT2D eigenvalue weighted by atomic mass is 10.2. The summed E-state index contributed by atoms with van der Waals surface area (Å²) in [6, 6.07) is 10.9. The Morgan fingerprint density at radius 1 is 1.12 bits per heavy atom. The van der Waals surface area contributed by atoms with Gasteiger partial charge in [-0.25, -0.2) is 0 Å². The van der Waals surface area contributed by atoms with Crippen molar-refractivity contribution in [3.8, 4) is 0 Å². The summed E-state index contributed by atoms with van der Waals surface area (Å²) in [5.74, 6) is 0. The highest BCUT2D eigenvalue weighted by atomic mass is 15.2. The van der Waals surface area contributed by atoms with E-state index < -0.39 is 0 Å². The Hall–Kier alpha value is -0.900. The molecule has 0 radical (unpaired) electrons. The molecule has 94 valence electrons. The molecule has 0 aliphatic carbocycles. The predicted octanol–water partition coefficient (Wildman–Crippen LogP) is 1.15. The predicted molar refractivity (Wildman–Crippen MR) is 71.8 cm³/mol. The molecule has 1 aromatic carbocycles. The molecule has 17 heavy (non-hydrogen) atoms. The van der Waals surface area contributed by atoms with Crippen molar-refractivity contribution in [3.05, 3.63) is 35.9 Å². The monoisotopic (exact) mass is 233 g/mol. The van der Waals surface area contributed by atoms with Gasteiger partial charge in [-0.2, -0.15) is 0 Å². The van der Waals surface area contributed by atoms with Crippen LogP contribution in [0.5, 0.6) is 0 Å². The second-order valence-electron chi connectivity index (χ2n) is 4.87. The quantitative estimate of drug-likeness (QED) is 0.850. The molecule has 2 N–H and O–H groups in total. The van der Waals surface area contributed by atoms with Crippen LogP contribution in [0.4, 0.5) is 0 Å². The van der Waals surface area contributed by atoms with Crippen LogP contribution in [-0.2, 0) is 6.54 Å². The standard InChI is InChI=1S/C14H23N3/c1-2-16-8-9-17(12-14(15)11-16)10-13-6-4-3-5-7-13/h3-7,14H,2,8-12,15H2,1H3. The second-order valence-corrected chi connectivity index (χ2v) is 4.87. The van der Waals surface area contributed by atoms with Crippen LogP contribution in [0.2, 0.25) is 0 Å². The summed E-state index contributed by atoms with van der Waals surface area (Å²) in [6.07, 6.45) is 0. The Kier molecular flexibility index (Phi) is 4.54. The first-order chi connectivity index (χ1) is 8.28. The average Bonchev–Trinajstić information content (AvgIpc) is 2.52. The fraction of sp³-hybridized carbons (Fsp3) is 0.571. The van der Waals surface area contributed by atoms with Gasteiger partial charge < -0.3 is 10.6 Å². The fourth-order valence-corrected chi connectivity index (χ4v) is 2.46. The van der Waals surface area contributed by atoms with Crippen LogP contribution in [-0.4, -0.2) is 48.6 Å². The molecule has 1 aliphatic heterocycles. The molecule has 2 rings (SSSR count). The fourth-order valence-electron chi connectivity index (χ4n) is 2.46. The lowest BCUT2D eigenvalue weighted by molar-refractivity contribution is 0.257. The lowest BCUT2D eigenvalue weighted by Crippen LogP contribution is -2.39. The molecule has 1 saturated heterocycles. The van der Waals surface area contributed by atoms with E-state index in [1.54, 1.807) is 0 Å². The minimum Gasteiger partial charge on any atom is -0.325 e. The lowest BCUT2D eigenvalue weighted by Gasteiger charge is -2.21. The van der Waals surface area contributed by atoms with Gasteiger partial charge in [0, 0.05) is 38.8 Å². The normalized spacial score (nSPS) is 23.5. The van der Waals surface area contributed by atoms with Gasteiger partial charge >= 0.3 is 0 Å². The van der Waals surface area contributed by atoms with Gasteiger partial charge in [0.15, 0.2) is 0 Å². The minimum atomic E-state index is 0.279. The molecule has 0 amide bonds. The highest BCUT2D eigenvalue weighted by Gasteiger charge is 2.18. The largest absolute Gasteiger partial charge is 0.325 e. The molecule has 0 saturated carbocycles. The Balaban J connectivity index is 1.93. The Labute approximate surface area is 104 Å². The summed E-state index contributed by atoms with van der Waals surface area (Å²) in [5, 5.41) is 0. The van der Waals surface area contributed by atoms with Crippen LogP contribution in [0.1, 0.15) is 12.5 Å². The van der Waals surface area contributed by atoms with Crippen molar-refractivity contribution >= 4 is 0 Å². The van der Waals surface area contributed by atoms with Gasteiger partial charge in [0.25, 0.3) is 0 Å². The number of likely N-dealkylation sites (N-methyl/N-ethyl adjacent to an activating group) is 1. The third kappa shape index (κ3) is 3.80. The first kappa shape index (κ1) is 12.6. The molecule has 0 spiro atoms. The summed E-state index contributed by atoms with van der Waals surface area (Å²) in [4.78, 5) is 4.91. The summed E-state index contributed by atoms with van der Waals surface area (Å²) in [5.41, 5.74) is 7.54. The maximum absolute atomic E-state index is 6.16. The van der Waals surface area contributed by atoms with Crippen LogP contribution in [0.25, 0.3) is 0 Å². The highest BCUT2D eigenvalue weighted by molar-refractivity contribution is 5.14. The molecule has 1 aliphatic rings. The third-order valence-corrected chi connectivity index (χ3v) is 3.41. The highest BCUT2D eigenvalue weighted by Crippen LogP contribution is 2.08. The molecule has 1 atom stereocenters. The van der Waals surface area contributed by atoms with Crippen molar-refractivity contribution < 1.29 is 0 Å². The first-order valence-electron chi connectivity index (χ1n) is 6.52. The van der Waals surface area contributed by atoms with E-state index in [1.165, 1.54) is 5.56 Å². The van der Waals surface area contributed by atoms with Gasteiger partial charge in [-0.15, -0.1) is 0 Å². The molecule has 0 bridgehead atoms. The zero-order chi connectivity index (χ0) is 12.1. The van der Waals surface area contributed by atoms with Gasteiger partial charge in [0.2, 0.25) is 0 Å². The van der Waals surface area contributed by atoms with Crippen molar-refractivity contribution in [2.75, 3.05) is 32.7 Å². The van der Waals surface area contributed by atoms with E-state index in [2.05, 4.69) is 47.1 Å². The summed E-state index contributed by atoms with van der Waals surface area (Å²) < 4.78 is 0. The Morgan fingerprint density at radius 2 is 1.76 bits per heavy atom. The number of hydrogen-bond acceptors (Lipinski definition) is 3. The van der Waals surface area contributed by atoms with Crippen LogP contribution in [0.15, 0.2) is 30.3 Å². The molecule has 1 fully saturated rings. The molecule has 1 unspecified atom stereocenters. The van der Waals surface area contributed by atoms with E-state index in [-0.39, 0.29) is 6.04 Å². The zero-order valence-electron chi connectivity index (χ0n) is 10.7. The Morgan fingerprint density at radius 3 is 2.47 bits per heavy atom. The average molecular weight is 233 g/mol. The van der Waals surface area contributed by atoms with Crippen molar-refractivity contribution in [2.45, 2.75) is 19.5 Å². The van der Waals surface area contributed by atoms with Crippen LogP contribution >= 0.6 is 0 Å². The van der Waals surface area contributed by atoms with E-state index in [0.717, 1.165) is 39.3 Å². The van der Waals surface area contributed by atoms with E-state index in [1.807, 2.05) is 0 Å². The number of hydrogen-bond donors (Lipinski definition) is 1. The number of nitrogens with two attached hydrogens (primary N) is 1. The third-order valence-electron chi connectivity index (χ3n) is 3.41. The van der Waals surface area contributed by atoms with Gasteiger partial charge in [-0.05, 0) is 12.1 Å². The van der Waals surface area contributed by atoms with Crippen LogP contribution in [0.3, 0.4) is 0 Å². The van der Waals surface area contributed by atoms with E-state index in [0.29, 0.717) is 0 Å². The van der Waals surface area contributed by atoms with Gasteiger partial charge in [-0.3, -0.25) is 4.90 Å². The summed E-state index contributed by atoms with van der Waals surface area (Å²) in [7, 11) is 0. The zero-order valence-corrected chi connectivity index (χ0v) is 10.7. The van der Waals surface area contributed by atoms with E-state index in [9.17, 15) is 0 Å². The topological polar surface area (TPSA) is 32.5 Å². The van der Waals surface area contributed by atoms with Gasteiger partial charge in [-0.1, -0.05) is 37.3 Å². The van der Waals surface area contributed by atoms with Crippen LogP contribution < -0.4 is 5.73 Å². The Bertz CT molecular complexity index is 325.